The van der Waals surface area contributed by atoms with Crippen LogP contribution in [0.2, 0.25) is 0 Å². The second-order valence-electron chi connectivity index (χ2n) is 4.45. The summed E-state index contributed by atoms with van der Waals surface area (Å²) in [4.78, 5) is 11.6. The zero-order valence-electron chi connectivity index (χ0n) is 11.3. The molecule has 0 saturated carbocycles. The second-order valence-corrected chi connectivity index (χ2v) is 4.45. The lowest BCUT2D eigenvalue weighted by Gasteiger charge is -2.16. The van der Waals surface area contributed by atoms with E-state index in [1.165, 1.54) is 6.21 Å². The van der Waals surface area contributed by atoms with Gasteiger partial charge in [0.25, 0.3) is 5.91 Å². The molecule has 0 aliphatic rings. The first-order valence-electron chi connectivity index (χ1n) is 6.01. The maximum Gasteiger partial charge on any atom is 0.461 e. The van der Waals surface area contributed by atoms with Crippen molar-refractivity contribution in [2.75, 3.05) is 0 Å². The predicted octanol–water partition coefficient (Wildman–Crippen LogP) is 3.29. The summed E-state index contributed by atoms with van der Waals surface area (Å²) in [6.07, 6.45) is -7.00. The van der Waals surface area contributed by atoms with Gasteiger partial charge in [0.15, 0.2) is 0 Å². The van der Waals surface area contributed by atoms with Crippen LogP contribution in [0, 0.1) is 5.92 Å². The number of rotatable bonds is 6. The number of amides is 1. The van der Waals surface area contributed by atoms with E-state index in [1.54, 1.807) is 0 Å². The fourth-order valence-electron chi connectivity index (χ4n) is 1.19. The Labute approximate surface area is 118 Å². The number of carbonyl (C=O) groups excluding carboxylic acids is 1. The Morgan fingerprint density at radius 1 is 1.29 bits per heavy atom. The fraction of sp³-hybridized carbons (Fsp3) is 0.385. The summed E-state index contributed by atoms with van der Waals surface area (Å²) in [5, 5.41) is 3.68. The van der Waals surface area contributed by atoms with E-state index in [9.17, 15) is 22.4 Å². The normalized spacial score (nSPS) is 12.2. The molecule has 4 nitrogen and oxygen atoms in total. The summed E-state index contributed by atoms with van der Waals surface area (Å²) in [5.74, 6) is -0.876. The number of hydrogen-bond donors (Lipinski definition) is 1. The Balaban J connectivity index is 2.68. The fourth-order valence-corrected chi connectivity index (χ4v) is 1.19. The molecule has 8 heteroatoms. The van der Waals surface area contributed by atoms with Crippen molar-refractivity contribution >= 4 is 12.1 Å². The molecule has 0 heterocycles. The molecular formula is C13H14F4N2O2. The highest BCUT2D eigenvalue weighted by molar-refractivity contribution is 5.94. The molecule has 0 aliphatic heterocycles. The third-order valence-corrected chi connectivity index (χ3v) is 2.16. The molecule has 1 aromatic rings. The van der Waals surface area contributed by atoms with Crippen LogP contribution in [0.3, 0.4) is 0 Å². The van der Waals surface area contributed by atoms with E-state index in [1.807, 2.05) is 13.8 Å². The van der Waals surface area contributed by atoms with Crippen LogP contribution >= 0.6 is 0 Å². The van der Waals surface area contributed by atoms with Crippen LogP contribution in [0.25, 0.3) is 0 Å². The van der Waals surface area contributed by atoms with Crippen molar-refractivity contribution in [1.29, 1.82) is 0 Å². The van der Waals surface area contributed by atoms with Crippen LogP contribution in [0.1, 0.15) is 24.2 Å². The third kappa shape index (κ3) is 5.41. The SMILES string of the molecule is CC(C)/C=N\NC(=O)c1ccc(OC(F)(F)C(F)F)cc1. The van der Waals surface area contributed by atoms with Crippen LogP contribution in [-0.2, 0) is 0 Å². The van der Waals surface area contributed by atoms with Crippen molar-refractivity contribution in [3.05, 3.63) is 29.8 Å². The Morgan fingerprint density at radius 3 is 2.33 bits per heavy atom. The summed E-state index contributed by atoms with van der Waals surface area (Å²) in [6.45, 7) is 3.73. The van der Waals surface area contributed by atoms with Gasteiger partial charge in [0.1, 0.15) is 5.75 Å². The minimum absolute atomic E-state index is 0.128. The van der Waals surface area contributed by atoms with Gasteiger partial charge in [-0.3, -0.25) is 4.79 Å². The number of nitrogens with zero attached hydrogens (tertiary/aromatic N) is 1. The first-order chi connectivity index (χ1) is 9.72. The number of hydrogen-bond acceptors (Lipinski definition) is 3. The van der Waals surface area contributed by atoms with Crippen molar-refractivity contribution in [2.45, 2.75) is 26.4 Å². The summed E-state index contributed by atoms with van der Waals surface area (Å²) < 4.78 is 53.1. The lowest BCUT2D eigenvalue weighted by molar-refractivity contribution is -0.253. The molecule has 0 bridgehead atoms. The quantitative estimate of drug-likeness (QED) is 0.498. The number of alkyl halides is 4. The lowest BCUT2D eigenvalue weighted by atomic mass is 10.2. The molecule has 0 fully saturated rings. The van der Waals surface area contributed by atoms with Gasteiger partial charge in [-0.1, -0.05) is 13.8 Å². The average molecular weight is 306 g/mol. The zero-order valence-corrected chi connectivity index (χ0v) is 11.3. The van der Waals surface area contributed by atoms with Gasteiger partial charge in [-0.2, -0.15) is 22.7 Å². The Bertz CT molecular complexity index is 501. The van der Waals surface area contributed by atoms with E-state index in [0.29, 0.717) is 0 Å². The molecule has 1 rings (SSSR count). The summed E-state index contributed by atoms with van der Waals surface area (Å²) >= 11 is 0. The van der Waals surface area contributed by atoms with Crippen LogP contribution in [-0.4, -0.2) is 24.7 Å². The van der Waals surface area contributed by atoms with Crippen LogP contribution in [0.5, 0.6) is 5.75 Å². The minimum atomic E-state index is -4.58. The van der Waals surface area contributed by atoms with Gasteiger partial charge in [-0.05, 0) is 30.2 Å². The van der Waals surface area contributed by atoms with Crippen molar-refractivity contribution in [3.8, 4) is 5.75 Å². The van der Waals surface area contributed by atoms with Gasteiger partial charge in [0, 0.05) is 11.8 Å². The van der Waals surface area contributed by atoms with Gasteiger partial charge < -0.3 is 4.74 Å². The molecular weight excluding hydrogens is 292 g/mol. The molecule has 0 unspecified atom stereocenters. The van der Waals surface area contributed by atoms with Gasteiger partial charge in [0.2, 0.25) is 0 Å². The van der Waals surface area contributed by atoms with E-state index >= 15 is 0 Å². The smallest absolute Gasteiger partial charge is 0.428 e. The minimum Gasteiger partial charge on any atom is -0.428 e. The molecule has 1 aromatic carbocycles. The number of carbonyl (C=O) groups is 1. The summed E-state index contributed by atoms with van der Waals surface area (Å²) in [5.41, 5.74) is 2.37. The number of hydrazone groups is 1. The molecule has 0 atom stereocenters. The number of halogens is 4. The molecule has 0 aliphatic carbocycles. The molecule has 0 spiro atoms. The van der Waals surface area contributed by atoms with E-state index < -0.39 is 24.2 Å². The molecule has 1 amide bonds. The number of ether oxygens (including phenoxy) is 1. The van der Waals surface area contributed by atoms with Crippen molar-refractivity contribution in [3.63, 3.8) is 0 Å². The maximum absolute atomic E-state index is 12.7. The van der Waals surface area contributed by atoms with Gasteiger partial charge in [0.05, 0.1) is 0 Å². The number of nitrogens with one attached hydrogen (secondary N) is 1. The molecule has 0 aromatic heterocycles. The molecule has 1 N–H and O–H groups in total. The molecule has 21 heavy (non-hydrogen) atoms. The lowest BCUT2D eigenvalue weighted by Crippen LogP contribution is -2.33. The largest absolute Gasteiger partial charge is 0.461 e. The van der Waals surface area contributed by atoms with Gasteiger partial charge >= 0.3 is 12.5 Å². The van der Waals surface area contributed by atoms with Gasteiger partial charge in [-0.15, -0.1) is 0 Å². The molecule has 0 radical (unpaired) electrons. The van der Waals surface area contributed by atoms with E-state index in [4.69, 9.17) is 0 Å². The highest BCUT2D eigenvalue weighted by Gasteiger charge is 2.43. The highest BCUT2D eigenvalue weighted by Crippen LogP contribution is 2.27. The Morgan fingerprint density at radius 2 is 1.86 bits per heavy atom. The highest BCUT2D eigenvalue weighted by atomic mass is 19.3. The van der Waals surface area contributed by atoms with Crippen molar-refractivity contribution < 1.29 is 27.1 Å². The predicted molar refractivity (Wildman–Crippen MR) is 68.8 cm³/mol. The Hall–Kier alpha value is -2.12. The Kier molecular flexibility index (Phi) is 5.69. The monoisotopic (exact) mass is 306 g/mol. The molecule has 116 valence electrons. The second kappa shape index (κ2) is 7.05. The van der Waals surface area contributed by atoms with E-state index in [-0.39, 0.29) is 11.5 Å². The van der Waals surface area contributed by atoms with Crippen molar-refractivity contribution in [1.82, 2.24) is 5.43 Å². The average Bonchev–Trinajstić information content (AvgIpc) is 2.38. The molecule has 0 saturated heterocycles. The van der Waals surface area contributed by atoms with Crippen LogP contribution in [0.15, 0.2) is 29.4 Å². The van der Waals surface area contributed by atoms with E-state index in [2.05, 4.69) is 15.3 Å². The topological polar surface area (TPSA) is 50.7 Å². The standard InChI is InChI=1S/C13H14F4N2O2/c1-8(2)7-18-19-11(20)9-3-5-10(6-4-9)21-13(16,17)12(14)15/h3-8,12H,1-2H3,(H,19,20)/b18-7-. The first kappa shape index (κ1) is 16.9. The first-order valence-corrected chi connectivity index (χ1v) is 6.01. The van der Waals surface area contributed by atoms with Crippen molar-refractivity contribution in [2.24, 2.45) is 11.0 Å². The zero-order chi connectivity index (χ0) is 16.0. The van der Waals surface area contributed by atoms with Crippen LogP contribution < -0.4 is 10.2 Å². The van der Waals surface area contributed by atoms with Crippen LogP contribution in [0.4, 0.5) is 17.6 Å². The summed E-state index contributed by atoms with van der Waals surface area (Å²) in [6, 6.07) is 4.32. The summed E-state index contributed by atoms with van der Waals surface area (Å²) in [7, 11) is 0. The number of benzene rings is 1. The third-order valence-electron chi connectivity index (χ3n) is 2.16. The maximum atomic E-state index is 12.7. The van der Waals surface area contributed by atoms with E-state index in [0.717, 1.165) is 24.3 Å². The van der Waals surface area contributed by atoms with Gasteiger partial charge in [-0.25, -0.2) is 5.43 Å².